The zero-order valence-electron chi connectivity index (χ0n) is 12.2. The maximum Gasteiger partial charge on any atom is 0.255 e. The van der Waals surface area contributed by atoms with Gasteiger partial charge in [0.25, 0.3) is 5.91 Å². The topological polar surface area (TPSA) is 64.4 Å². The molecule has 3 N–H and O–H groups in total. The zero-order chi connectivity index (χ0) is 14.4. The molecule has 0 saturated heterocycles. The normalized spacial score (nSPS) is 12.3. The molecule has 0 saturated carbocycles. The third-order valence-electron chi connectivity index (χ3n) is 3.58. The van der Waals surface area contributed by atoms with Crippen molar-refractivity contribution in [3.05, 3.63) is 23.8 Å². The van der Waals surface area contributed by atoms with E-state index in [0.717, 1.165) is 12.8 Å². The number of amides is 1. The van der Waals surface area contributed by atoms with Gasteiger partial charge in [-0.3, -0.25) is 4.79 Å². The predicted molar refractivity (Wildman–Crippen MR) is 78.4 cm³/mol. The number of nitrogens with two attached hydrogens (primary N) is 1. The average Bonchev–Trinajstić information content (AvgIpc) is 2.39. The van der Waals surface area contributed by atoms with Gasteiger partial charge in [-0.1, -0.05) is 26.7 Å². The van der Waals surface area contributed by atoms with Crippen molar-refractivity contribution in [1.29, 1.82) is 0 Å². The van der Waals surface area contributed by atoms with Crippen molar-refractivity contribution >= 4 is 11.6 Å². The molecule has 0 fully saturated rings. The highest BCUT2D eigenvalue weighted by molar-refractivity contribution is 5.97. The van der Waals surface area contributed by atoms with Crippen molar-refractivity contribution < 1.29 is 9.53 Å². The lowest BCUT2D eigenvalue weighted by molar-refractivity contribution is 0.0922. The molecule has 106 valence electrons. The fraction of sp³-hybridized carbons (Fsp3) is 0.533. The Bertz CT molecular complexity index is 428. The Hall–Kier alpha value is -1.71. The molecule has 0 bridgehead atoms. The molecule has 0 aromatic heterocycles. The van der Waals surface area contributed by atoms with Crippen molar-refractivity contribution in [3.8, 4) is 5.75 Å². The van der Waals surface area contributed by atoms with E-state index in [9.17, 15) is 4.79 Å². The standard InChI is InChI=1S/C15H24N2O2/c1-5-11(6-2)10(3)17-15(18)13-8-7-12(16)9-14(13)19-4/h7-11H,5-6,16H2,1-4H3,(H,17,18). The minimum Gasteiger partial charge on any atom is -0.496 e. The molecule has 0 radical (unpaired) electrons. The molecule has 0 heterocycles. The van der Waals surface area contributed by atoms with Gasteiger partial charge in [-0.25, -0.2) is 0 Å². The van der Waals surface area contributed by atoms with Gasteiger partial charge in [0.2, 0.25) is 0 Å². The van der Waals surface area contributed by atoms with Gasteiger partial charge in [0.1, 0.15) is 5.75 Å². The Labute approximate surface area is 115 Å². The van der Waals surface area contributed by atoms with Crippen molar-refractivity contribution in [1.82, 2.24) is 5.32 Å². The fourth-order valence-electron chi connectivity index (χ4n) is 2.29. The minimum absolute atomic E-state index is 0.115. The van der Waals surface area contributed by atoms with Crippen LogP contribution in [-0.2, 0) is 0 Å². The first-order valence-corrected chi connectivity index (χ1v) is 6.77. The Balaban J connectivity index is 2.83. The van der Waals surface area contributed by atoms with Crippen LogP contribution in [0.25, 0.3) is 0 Å². The van der Waals surface area contributed by atoms with E-state index in [-0.39, 0.29) is 11.9 Å². The molecular formula is C15H24N2O2. The smallest absolute Gasteiger partial charge is 0.255 e. The molecule has 0 aliphatic carbocycles. The molecule has 1 rings (SSSR count). The summed E-state index contributed by atoms with van der Waals surface area (Å²) in [5.74, 6) is 0.884. The largest absolute Gasteiger partial charge is 0.496 e. The van der Waals surface area contributed by atoms with Crippen LogP contribution in [0.1, 0.15) is 44.0 Å². The second kappa shape index (κ2) is 7.02. The first-order valence-electron chi connectivity index (χ1n) is 6.77. The van der Waals surface area contributed by atoms with E-state index in [1.165, 1.54) is 7.11 Å². The molecule has 1 unspecified atom stereocenters. The third kappa shape index (κ3) is 3.88. The fourth-order valence-corrected chi connectivity index (χ4v) is 2.29. The lowest BCUT2D eigenvalue weighted by Crippen LogP contribution is -2.37. The average molecular weight is 264 g/mol. The highest BCUT2D eigenvalue weighted by Crippen LogP contribution is 2.22. The molecular weight excluding hydrogens is 240 g/mol. The molecule has 0 aliphatic rings. The molecule has 4 heteroatoms. The number of benzene rings is 1. The summed E-state index contributed by atoms with van der Waals surface area (Å²) in [5.41, 5.74) is 6.79. The van der Waals surface area contributed by atoms with E-state index < -0.39 is 0 Å². The number of nitrogens with one attached hydrogen (secondary N) is 1. The zero-order valence-corrected chi connectivity index (χ0v) is 12.2. The van der Waals surface area contributed by atoms with Gasteiger partial charge in [0.05, 0.1) is 12.7 Å². The number of nitrogen functional groups attached to an aromatic ring is 1. The molecule has 0 aliphatic heterocycles. The Morgan fingerprint density at radius 1 is 1.37 bits per heavy atom. The Morgan fingerprint density at radius 2 is 2.00 bits per heavy atom. The van der Waals surface area contributed by atoms with Crippen LogP contribution in [-0.4, -0.2) is 19.1 Å². The number of hydrogen-bond acceptors (Lipinski definition) is 3. The Morgan fingerprint density at radius 3 is 2.53 bits per heavy atom. The summed E-state index contributed by atoms with van der Waals surface area (Å²) in [6, 6.07) is 5.21. The summed E-state index contributed by atoms with van der Waals surface area (Å²) >= 11 is 0. The van der Waals surface area contributed by atoms with Crippen molar-refractivity contribution in [2.75, 3.05) is 12.8 Å². The van der Waals surface area contributed by atoms with Crippen LogP contribution in [0.5, 0.6) is 5.75 Å². The van der Waals surface area contributed by atoms with E-state index >= 15 is 0 Å². The number of hydrogen-bond donors (Lipinski definition) is 2. The lowest BCUT2D eigenvalue weighted by atomic mass is 9.95. The van der Waals surface area contributed by atoms with Crippen molar-refractivity contribution in [2.24, 2.45) is 5.92 Å². The summed E-state index contributed by atoms with van der Waals surface area (Å²) in [7, 11) is 1.54. The van der Waals surface area contributed by atoms with Crippen LogP contribution in [0.2, 0.25) is 0 Å². The summed E-state index contributed by atoms with van der Waals surface area (Å²) in [4.78, 5) is 12.3. The van der Waals surface area contributed by atoms with Gasteiger partial charge in [-0.15, -0.1) is 0 Å². The number of anilines is 1. The van der Waals surface area contributed by atoms with Gasteiger partial charge in [0, 0.05) is 17.8 Å². The highest BCUT2D eigenvalue weighted by atomic mass is 16.5. The lowest BCUT2D eigenvalue weighted by Gasteiger charge is -2.23. The molecule has 0 spiro atoms. The maximum absolute atomic E-state index is 12.3. The minimum atomic E-state index is -0.115. The number of methoxy groups -OCH3 is 1. The van der Waals surface area contributed by atoms with Gasteiger partial charge >= 0.3 is 0 Å². The van der Waals surface area contributed by atoms with Crippen molar-refractivity contribution in [2.45, 2.75) is 39.7 Å². The van der Waals surface area contributed by atoms with E-state index in [2.05, 4.69) is 19.2 Å². The first kappa shape index (κ1) is 15.3. The van der Waals surface area contributed by atoms with E-state index in [1.54, 1.807) is 18.2 Å². The Kier molecular flexibility index (Phi) is 5.67. The van der Waals surface area contributed by atoms with Crippen LogP contribution in [0.3, 0.4) is 0 Å². The molecule has 1 atom stereocenters. The van der Waals surface area contributed by atoms with Gasteiger partial charge in [-0.2, -0.15) is 0 Å². The summed E-state index contributed by atoms with van der Waals surface area (Å²) in [6.07, 6.45) is 2.10. The van der Waals surface area contributed by atoms with E-state index in [0.29, 0.717) is 22.9 Å². The third-order valence-corrected chi connectivity index (χ3v) is 3.58. The number of rotatable bonds is 6. The van der Waals surface area contributed by atoms with Crippen LogP contribution in [0.4, 0.5) is 5.69 Å². The summed E-state index contributed by atoms with van der Waals surface area (Å²) < 4.78 is 5.20. The molecule has 1 aromatic carbocycles. The van der Waals surface area contributed by atoms with E-state index in [4.69, 9.17) is 10.5 Å². The van der Waals surface area contributed by atoms with Crippen LogP contribution in [0.15, 0.2) is 18.2 Å². The SMILES string of the molecule is CCC(CC)C(C)NC(=O)c1ccc(N)cc1OC. The first-order chi connectivity index (χ1) is 9.03. The van der Waals surface area contributed by atoms with Gasteiger partial charge in [-0.05, 0) is 25.0 Å². The number of ether oxygens (including phenoxy) is 1. The summed E-state index contributed by atoms with van der Waals surface area (Å²) in [5, 5.41) is 3.03. The van der Waals surface area contributed by atoms with Crippen LogP contribution in [0, 0.1) is 5.92 Å². The van der Waals surface area contributed by atoms with E-state index in [1.807, 2.05) is 6.92 Å². The second-order valence-corrected chi connectivity index (χ2v) is 4.80. The quantitative estimate of drug-likeness (QED) is 0.776. The maximum atomic E-state index is 12.3. The molecule has 1 amide bonds. The van der Waals surface area contributed by atoms with Crippen LogP contribution < -0.4 is 15.8 Å². The highest BCUT2D eigenvalue weighted by Gasteiger charge is 2.19. The summed E-state index contributed by atoms with van der Waals surface area (Å²) in [6.45, 7) is 6.32. The van der Waals surface area contributed by atoms with Crippen LogP contribution >= 0.6 is 0 Å². The molecule has 4 nitrogen and oxygen atoms in total. The monoisotopic (exact) mass is 264 g/mol. The molecule has 19 heavy (non-hydrogen) atoms. The number of carbonyl (C=O) groups is 1. The second-order valence-electron chi connectivity index (χ2n) is 4.80. The molecule has 1 aromatic rings. The number of carbonyl (C=O) groups excluding carboxylic acids is 1. The predicted octanol–water partition coefficient (Wildman–Crippen LogP) is 2.83. The van der Waals surface area contributed by atoms with Crippen molar-refractivity contribution in [3.63, 3.8) is 0 Å². The van der Waals surface area contributed by atoms with Gasteiger partial charge in [0.15, 0.2) is 0 Å². The van der Waals surface area contributed by atoms with Gasteiger partial charge < -0.3 is 15.8 Å².